The van der Waals surface area contributed by atoms with Crippen LogP contribution in [0.5, 0.6) is 5.75 Å². The van der Waals surface area contributed by atoms with E-state index in [-0.39, 0.29) is 30.8 Å². The third-order valence-electron chi connectivity index (χ3n) is 6.17. The number of nitrogens with zero attached hydrogens (tertiary/aromatic N) is 2. The molecule has 0 aliphatic carbocycles. The molecule has 31 heavy (non-hydrogen) atoms. The SMILES string of the molecule is Cl.Cl.N=C(N)N1CCc2ccc(OCC3CCN(Cc4ccccc4N)CC3)cc2C1. The zero-order chi connectivity index (χ0) is 20.2. The minimum absolute atomic E-state index is 0. The predicted molar refractivity (Wildman–Crippen MR) is 131 cm³/mol. The zero-order valence-electron chi connectivity index (χ0n) is 17.8. The molecule has 170 valence electrons. The molecule has 4 rings (SSSR count). The van der Waals surface area contributed by atoms with Crippen molar-refractivity contribution < 1.29 is 4.74 Å². The van der Waals surface area contributed by atoms with Gasteiger partial charge in [-0.1, -0.05) is 24.3 Å². The zero-order valence-corrected chi connectivity index (χ0v) is 19.4. The number of hydrogen-bond donors (Lipinski definition) is 3. The summed E-state index contributed by atoms with van der Waals surface area (Å²) in [6, 6.07) is 14.5. The molecule has 1 fully saturated rings. The largest absolute Gasteiger partial charge is 0.493 e. The molecule has 0 amide bonds. The second kappa shape index (κ2) is 11.5. The highest BCUT2D eigenvalue weighted by Crippen LogP contribution is 2.26. The van der Waals surface area contributed by atoms with E-state index in [1.807, 2.05) is 17.0 Å². The summed E-state index contributed by atoms with van der Waals surface area (Å²) in [6.45, 7) is 5.37. The molecular weight excluding hydrogens is 433 g/mol. The fraction of sp³-hybridized carbons (Fsp3) is 0.435. The molecule has 2 aromatic rings. The van der Waals surface area contributed by atoms with Gasteiger partial charge >= 0.3 is 0 Å². The molecule has 1 saturated heterocycles. The first-order valence-electron chi connectivity index (χ1n) is 10.5. The molecule has 0 bridgehead atoms. The van der Waals surface area contributed by atoms with E-state index in [4.69, 9.17) is 21.6 Å². The number of anilines is 1. The maximum absolute atomic E-state index is 7.66. The third kappa shape index (κ3) is 6.42. The number of fused-ring (bicyclic) bond motifs is 1. The third-order valence-corrected chi connectivity index (χ3v) is 6.17. The van der Waals surface area contributed by atoms with Gasteiger partial charge in [-0.05, 0) is 73.2 Å². The number of hydrogen-bond acceptors (Lipinski definition) is 4. The Bertz CT molecular complexity index is 871. The van der Waals surface area contributed by atoms with Gasteiger partial charge in [-0.3, -0.25) is 10.3 Å². The normalized spacial score (nSPS) is 16.6. The predicted octanol–water partition coefficient (Wildman–Crippen LogP) is 3.65. The van der Waals surface area contributed by atoms with Crippen molar-refractivity contribution in [1.29, 1.82) is 5.41 Å². The van der Waals surface area contributed by atoms with Crippen LogP contribution in [0.1, 0.15) is 29.5 Å². The molecule has 6 nitrogen and oxygen atoms in total. The molecule has 0 aromatic heterocycles. The molecule has 5 N–H and O–H groups in total. The van der Waals surface area contributed by atoms with E-state index >= 15 is 0 Å². The Morgan fingerprint density at radius 1 is 1.03 bits per heavy atom. The van der Waals surface area contributed by atoms with Crippen LogP contribution in [0.4, 0.5) is 5.69 Å². The number of piperidine rings is 1. The average molecular weight is 466 g/mol. The van der Waals surface area contributed by atoms with Crippen molar-refractivity contribution in [2.45, 2.75) is 32.4 Å². The summed E-state index contributed by atoms with van der Waals surface area (Å²) in [6.07, 6.45) is 3.23. The number of benzene rings is 2. The van der Waals surface area contributed by atoms with Gasteiger partial charge in [-0.15, -0.1) is 24.8 Å². The lowest BCUT2D eigenvalue weighted by Crippen LogP contribution is -2.40. The first-order valence-corrected chi connectivity index (χ1v) is 10.5. The summed E-state index contributed by atoms with van der Waals surface area (Å²) >= 11 is 0. The van der Waals surface area contributed by atoms with Crippen molar-refractivity contribution in [3.63, 3.8) is 0 Å². The van der Waals surface area contributed by atoms with Gasteiger partial charge in [0.2, 0.25) is 0 Å². The minimum Gasteiger partial charge on any atom is -0.493 e. The summed E-state index contributed by atoms with van der Waals surface area (Å²) < 4.78 is 6.14. The van der Waals surface area contributed by atoms with E-state index in [2.05, 4.69) is 35.2 Å². The van der Waals surface area contributed by atoms with Gasteiger partial charge in [0, 0.05) is 25.3 Å². The van der Waals surface area contributed by atoms with E-state index in [1.165, 1.54) is 16.7 Å². The van der Waals surface area contributed by atoms with Crippen LogP contribution < -0.4 is 16.2 Å². The standard InChI is InChI=1S/C23H31N5O.2ClH/c24-22-4-2-1-3-19(22)14-27-10-7-17(8-11-27)16-29-21-6-5-18-9-12-28(23(25)26)15-20(18)13-21;;/h1-6,13,17H,7-12,14-16,24H2,(H3,25,26);2*1H. The van der Waals surface area contributed by atoms with Gasteiger partial charge in [0.1, 0.15) is 5.75 Å². The Labute approximate surface area is 197 Å². The van der Waals surface area contributed by atoms with E-state index in [0.29, 0.717) is 12.5 Å². The molecule has 0 saturated carbocycles. The lowest BCUT2D eigenvalue weighted by molar-refractivity contribution is 0.137. The number of likely N-dealkylation sites (tertiary alicyclic amines) is 1. The highest BCUT2D eigenvalue weighted by atomic mass is 35.5. The van der Waals surface area contributed by atoms with Crippen molar-refractivity contribution in [2.75, 3.05) is 32.0 Å². The van der Waals surface area contributed by atoms with Crippen LogP contribution >= 0.6 is 24.8 Å². The molecule has 0 atom stereocenters. The second-order valence-corrected chi connectivity index (χ2v) is 8.22. The van der Waals surface area contributed by atoms with Crippen molar-refractivity contribution in [3.8, 4) is 5.75 Å². The number of halogens is 2. The van der Waals surface area contributed by atoms with Crippen LogP contribution in [0.15, 0.2) is 42.5 Å². The molecule has 8 heteroatoms. The summed E-state index contributed by atoms with van der Waals surface area (Å²) in [5.74, 6) is 1.66. The number of nitrogen functional groups attached to an aromatic ring is 1. The number of nitrogens with two attached hydrogens (primary N) is 2. The lowest BCUT2D eigenvalue weighted by atomic mass is 9.97. The van der Waals surface area contributed by atoms with Gasteiger partial charge in [-0.2, -0.15) is 0 Å². The lowest BCUT2D eigenvalue weighted by Gasteiger charge is -2.32. The number of rotatable bonds is 5. The number of ether oxygens (including phenoxy) is 1. The van der Waals surface area contributed by atoms with Crippen LogP contribution in [0.3, 0.4) is 0 Å². The van der Waals surface area contributed by atoms with Crippen molar-refractivity contribution in [2.24, 2.45) is 11.7 Å². The van der Waals surface area contributed by atoms with Crippen molar-refractivity contribution >= 4 is 36.5 Å². The maximum Gasteiger partial charge on any atom is 0.188 e. The Balaban J connectivity index is 0.00000171. The monoisotopic (exact) mass is 465 g/mol. The Morgan fingerprint density at radius 2 is 1.77 bits per heavy atom. The van der Waals surface area contributed by atoms with E-state index in [9.17, 15) is 0 Å². The molecule has 2 aliphatic heterocycles. The van der Waals surface area contributed by atoms with E-state index in [0.717, 1.165) is 63.5 Å². The fourth-order valence-electron chi connectivity index (χ4n) is 4.27. The topological polar surface area (TPSA) is 91.6 Å². The molecule has 2 aliphatic rings. The Kier molecular flexibility index (Phi) is 9.29. The van der Waals surface area contributed by atoms with Gasteiger partial charge in [0.25, 0.3) is 0 Å². The average Bonchev–Trinajstić information content (AvgIpc) is 2.74. The first kappa shape index (κ1) is 25.1. The van der Waals surface area contributed by atoms with Crippen LogP contribution in [0, 0.1) is 11.3 Å². The highest BCUT2D eigenvalue weighted by molar-refractivity contribution is 5.85. The van der Waals surface area contributed by atoms with E-state index < -0.39 is 0 Å². The number of nitrogens with one attached hydrogen (secondary N) is 1. The molecule has 0 unspecified atom stereocenters. The van der Waals surface area contributed by atoms with Gasteiger partial charge < -0.3 is 21.1 Å². The summed E-state index contributed by atoms with van der Waals surface area (Å²) in [5, 5.41) is 7.66. The van der Waals surface area contributed by atoms with Gasteiger partial charge in [0.05, 0.1) is 6.61 Å². The minimum atomic E-state index is 0. The van der Waals surface area contributed by atoms with Crippen molar-refractivity contribution in [3.05, 3.63) is 59.2 Å². The second-order valence-electron chi connectivity index (χ2n) is 8.22. The Hall–Kier alpha value is -2.15. The van der Waals surface area contributed by atoms with Crippen LogP contribution in [-0.2, 0) is 19.5 Å². The first-order chi connectivity index (χ1) is 14.1. The Morgan fingerprint density at radius 3 is 2.48 bits per heavy atom. The van der Waals surface area contributed by atoms with Gasteiger partial charge in [-0.25, -0.2) is 0 Å². The molecule has 0 radical (unpaired) electrons. The molecule has 0 spiro atoms. The van der Waals surface area contributed by atoms with Gasteiger partial charge in [0.15, 0.2) is 5.96 Å². The summed E-state index contributed by atoms with van der Waals surface area (Å²) in [5.41, 5.74) is 16.4. The summed E-state index contributed by atoms with van der Waals surface area (Å²) in [4.78, 5) is 4.39. The smallest absolute Gasteiger partial charge is 0.188 e. The summed E-state index contributed by atoms with van der Waals surface area (Å²) in [7, 11) is 0. The van der Waals surface area contributed by atoms with Crippen LogP contribution in [0.25, 0.3) is 0 Å². The molecule has 2 aromatic carbocycles. The highest BCUT2D eigenvalue weighted by Gasteiger charge is 2.21. The fourth-order valence-corrected chi connectivity index (χ4v) is 4.27. The van der Waals surface area contributed by atoms with Crippen molar-refractivity contribution in [1.82, 2.24) is 9.80 Å². The van der Waals surface area contributed by atoms with Crippen LogP contribution in [0.2, 0.25) is 0 Å². The van der Waals surface area contributed by atoms with E-state index in [1.54, 1.807) is 0 Å². The quantitative estimate of drug-likeness (QED) is 0.356. The number of guanidine groups is 1. The maximum atomic E-state index is 7.66. The number of para-hydroxylation sites is 1. The molecular formula is C23H33Cl2N5O. The molecule has 2 heterocycles. The van der Waals surface area contributed by atoms with Crippen LogP contribution in [-0.4, -0.2) is 42.0 Å².